The summed E-state index contributed by atoms with van der Waals surface area (Å²) in [6, 6.07) is 15.1. The maximum atomic E-state index is 10.2. The summed E-state index contributed by atoms with van der Waals surface area (Å²) >= 11 is 10.2. The van der Waals surface area contributed by atoms with Gasteiger partial charge in [-0.05, 0) is 40.2 Å². The van der Waals surface area contributed by atoms with Crippen molar-refractivity contribution in [1.29, 1.82) is 0 Å². The van der Waals surface area contributed by atoms with Gasteiger partial charge in [-0.25, -0.2) is 4.98 Å². The Morgan fingerprint density at radius 1 is 1.05 bits per heavy atom. The van der Waals surface area contributed by atoms with E-state index in [0.29, 0.717) is 41.1 Å². The molecule has 41 heavy (non-hydrogen) atoms. The third kappa shape index (κ3) is 6.22. The van der Waals surface area contributed by atoms with Crippen molar-refractivity contribution in [2.24, 2.45) is 0 Å². The largest absolute Gasteiger partial charge is 0.456 e. The van der Waals surface area contributed by atoms with Crippen LogP contribution >= 0.6 is 27.5 Å². The third-order valence-electron chi connectivity index (χ3n) is 7.30. The van der Waals surface area contributed by atoms with Crippen LogP contribution < -0.4 is 4.74 Å². The normalized spacial score (nSPS) is 22.4. The van der Waals surface area contributed by atoms with Gasteiger partial charge in [0.1, 0.15) is 25.0 Å². The molecule has 4 aromatic rings. The highest BCUT2D eigenvalue weighted by Gasteiger charge is 2.49. The number of aliphatic hydroxyl groups is 1. The molecule has 0 radical (unpaired) electrons. The molecule has 2 fully saturated rings. The Balaban J connectivity index is 1.30. The number of benzene rings is 1. The Hall–Kier alpha value is -2.38. The Kier molecular flexibility index (Phi) is 8.21. The Morgan fingerprint density at radius 3 is 2.54 bits per heavy atom. The van der Waals surface area contributed by atoms with Gasteiger partial charge in [-0.15, -0.1) is 0 Å². The van der Waals surface area contributed by atoms with Crippen LogP contribution in [0.4, 0.5) is 0 Å². The number of hydrogen-bond donors (Lipinski definition) is 1. The van der Waals surface area contributed by atoms with Crippen molar-refractivity contribution in [1.82, 2.24) is 19.5 Å². The molecule has 0 aliphatic carbocycles. The molecule has 12 heteroatoms. The van der Waals surface area contributed by atoms with E-state index in [4.69, 9.17) is 40.5 Å². The van der Waals surface area contributed by atoms with Crippen LogP contribution in [0.5, 0.6) is 6.01 Å². The van der Waals surface area contributed by atoms with Gasteiger partial charge in [0.25, 0.3) is 0 Å². The zero-order valence-electron chi connectivity index (χ0n) is 23.1. The van der Waals surface area contributed by atoms with E-state index in [1.807, 2.05) is 47.0 Å². The van der Waals surface area contributed by atoms with E-state index < -0.39 is 26.4 Å². The molecule has 2 saturated heterocycles. The van der Waals surface area contributed by atoms with Gasteiger partial charge >= 0.3 is 6.01 Å². The Labute approximate surface area is 252 Å². The molecule has 0 unspecified atom stereocenters. The predicted octanol–water partition coefficient (Wildman–Crippen LogP) is 5.79. The Bertz CT molecular complexity index is 1530. The number of aromatic nitrogens is 4. The maximum absolute atomic E-state index is 10.2. The van der Waals surface area contributed by atoms with Crippen LogP contribution in [0.1, 0.15) is 0 Å². The zero-order chi connectivity index (χ0) is 28.7. The monoisotopic (exact) mass is 658 g/mol. The first kappa shape index (κ1) is 28.7. The molecule has 3 aromatic heterocycles. The van der Waals surface area contributed by atoms with Crippen molar-refractivity contribution in [2.45, 2.75) is 56.8 Å². The highest BCUT2D eigenvalue weighted by Crippen LogP contribution is 2.34. The zero-order valence-corrected chi connectivity index (χ0v) is 26.4. The number of halogens is 2. The molecule has 5 heterocycles. The molecule has 1 N–H and O–H groups in total. The number of ether oxygens (including phenoxy) is 4. The van der Waals surface area contributed by atoms with E-state index in [0.717, 1.165) is 27.3 Å². The fourth-order valence-corrected chi connectivity index (χ4v) is 6.23. The van der Waals surface area contributed by atoms with Gasteiger partial charge < -0.3 is 24.1 Å². The summed E-state index contributed by atoms with van der Waals surface area (Å²) in [5.74, 6) is 0. The molecule has 2 aliphatic rings. The van der Waals surface area contributed by atoms with Gasteiger partial charge in [-0.3, -0.25) is 9.55 Å². The van der Waals surface area contributed by atoms with E-state index in [2.05, 4.69) is 40.6 Å². The van der Waals surface area contributed by atoms with Crippen molar-refractivity contribution < 1.29 is 24.1 Å². The fraction of sp³-hybridized carbons (Fsp3) is 0.414. The van der Waals surface area contributed by atoms with E-state index in [-0.39, 0.29) is 19.4 Å². The second-order valence-corrected chi connectivity index (χ2v) is 18.5. The molecule has 9 nitrogen and oxygen atoms in total. The van der Waals surface area contributed by atoms with Crippen molar-refractivity contribution in [3.8, 4) is 28.5 Å². The van der Waals surface area contributed by atoms with Crippen LogP contribution in [-0.2, 0) is 20.9 Å². The van der Waals surface area contributed by atoms with Crippen LogP contribution in [0, 0.1) is 0 Å². The Morgan fingerprint density at radius 2 is 1.80 bits per heavy atom. The molecular weight excluding hydrogens is 628 g/mol. The average molecular weight is 660 g/mol. The number of hydrogen-bond acceptors (Lipinski definition) is 8. The second-order valence-electron chi connectivity index (χ2n) is 11.6. The van der Waals surface area contributed by atoms with Crippen molar-refractivity contribution in [3.05, 3.63) is 58.2 Å². The van der Waals surface area contributed by atoms with Crippen LogP contribution in [-0.4, -0.2) is 76.9 Å². The molecule has 216 valence electrons. The van der Waals surface area contributed by atoms with E-state index in [1.165, 1.54) is 0 Å². The van der Waals surface area contributed by atoms with Crippen molar-refractivity contribution in [2.75, 3.05) is 19.8 Å². The SMILES string of the molecule is C[Si](C)(C)CCOCn1c(O[C@@H]2CO[C@H]3[C@@H]2OC[C@H]3O)nc2nc(-c3ccc(-c4ccc(Br)cn4)cc3)c(Cl)cc21. The second kappa shape index (κ2) is 11.7. The molecular formula is C29H32BrClN4O5Si. The predicted molar refractivity (Wildman–Crippen MR) is 163 cm³/mol. The lowest BCUT2D eigenvalue weighted by Crippen LogP contribution is -2.35. The number of nitrogens with zero attached hydrogens (tertiary/aromatic N) is 4. The van der Waals surface area contributed by atoms with Crippen LogP contribution in [0.25, 0.3) is 33.7 Å². The minimum absolute atomic E-state index is 0.225. The minimum Gasteiger partial charge on any atom is -0.456 e. The molecule has 0 spiro atoms. The van der Waals surface area contributed by atoms with Crippen molar-refractivity contribution >= 4 is 46.8 Å². The average Bonchev–Trinajstić information content (AvgIpc) is 3.61. The first-order valence-electron chi connectivity index (χ1n) is 13.6. The number of pyridine rings is 2. The summed E-state index contributed by atoms with van der Waals surface area (Å²) in [4.78, 5) is 14.1. The van der Waals surface area contributed by atoms with Gasteiger partial charge in [-0.2, -0.15) is 4.98 Å². The maximum Gasteiger partial charge on any atom is 0.301 e. The van der Waals surface area contributed by atoms with E-state index >= 15 is 0 Å². The van der Waals surface area contributed by atoms with E-state index in [1.54, 1.807) is 6.20 Å². The smallest absolute Gasteiger partial charge is 0.301 e. The summed E-state index contributed by atoms with van der Waals surface area (Å²) in [5, 5.41) is 10.6. The quantitative estimate of drug-likeness (QED) is 0.178. The van der Waals surface area contributed by atoms with Crippen LogP contribution in [0.2, 0.25) is 30.7 Å². The topological polar surface area (TPSA) is 101 Å². The molecule has 0 amide bonds. The highest BCUT2D eigenvalue weighted by atomic mass is 79.9. The molecule has 0 bridgehead atoms. The lowest BCUT2D eigenvalue weighted by Gasteiger charge is -2.19. The number of rotatable bonds is 9. The molecule has 4 atom stereocenters. The molecule has 0 saturated carbocycles. The molecule has 1 aromatic carbocycles. The first-order valence-corrected chi connectivity index (χ1v) is 18.5. The van der Waals surface area contributed by atoms with E-state index in [9.17, 15) is 5.11 Å². The minimum atomic E-state index is -1.26. The standard InChI is InChI=1S/C29H32BrClN4O5Si/c1-41(2,3)11-10-37-16-35-22-12-20(31)25(18-6-4-17(5-7-18)21-9-8-19(30)13-32-21)33-28(22)34-29(35)40-24-15-39-26-23(36)14-38-27(24)26/h4-9,12-13,23-24,26-27,36H,10-11,14-16H2,1-3H3/t23-,24-,26-,27-/m1/s1. The van der Waals surface area contributed by atoms with Gasteiger partial charge in [0, 0.05) is 36.5 Å². The van der Waals surface area contributed by atoms with Gasteiger partial charge in [0.05, 0.1) is 35.1 Å². The molecule has 2 aliphatic heterocycles. The number of aliphatic hydroxyl groups excluding tert-OH is 1. The van der Waals surface area contributed by atoms with Gasteiger partial charge in [0.2, 0.25) is 0 Å². The molecule has 6 rings (SSSR count). The lowest BCUT2D eigenvalue weighted by atomic mass is 10.1. The van der Waals surface area contributed by atoms with Gasteiger partial charge in [-0.1, -0.05) is 55.5 Å². The summed E-state index contributed by atoms with van der Waals surface area (Å²) in [6.45, 7) is 8.35. The van der Waals surface area contributed by atoms with Crippen LogP contribution in [0.3, 0.4) is 0 Å². The third-order valence-corrected chi connectivity index (χ3v) is 9.76. The summed E-state index contributed by atoms with van der Waals surface area (Å²) < 4.78 is 26.7. The number of fused-ring (bicyclic) bond motifs is 2. The number of imidazole rings is 1. The van der Waals surface area contributed by atoms with Gasteiger partial charge in [0.15, 0.2) is 11.8 Å². The van der Waals surface area contributed by atoms with Crippen LogP contribution in [0.15, 0.2) is 53.1 Å². The summed E-state index contributed by atoms with van der Waals surface area (Å²) in [6.07, 6.45) is -0.0627. The van der Waals surface area contributed by atoms with Crippen molar-refractivity contribution in [3.63, 3.8) is 0 Å². The fourth-order valence-electron chi connectivity index (χ4n) is 4.98. The first-order chi connectivity index (χ1) is 19.7. The summed E-state index contributed by atoms with van der Waals surface area (Å²) in [7, 11) is -1.26. The lowest BCUT2D eigenvalue weighted by molar-refractivity contribution is 0.00339. The summed E-state index contributed by atoms with van der Waals surface area (Å²) in [5.41, 5.74) is 4.55. The highest BCUT2D eigenvalue weighted by molar-refractivity contribution is 9.10.